The van der Waals surface area contributed by atoms with Gasteiger partial charge in [0.25, 0.3) is 5.91 Å². The third-order valence-corrected chi connectivity index (χ3v) is 7.00. The standard InChI is InChI=1S/C29H35FN4O.3C2HF3O2/c1-21-18-34(13-12-31-21)20-24-7-4-8-25(14-24)27-16-22(10-11-28(27)30)17-32-29(35)26-9-5-6-23(15-26)19-33(2)3;3*3-2(4,5)1(6)7/h4-11,14-16,21,31H,12-13,17-20H2,1-3H3,(H,32,35);3*(H,6,7)/t21-;;;/m0.../s1. The fourth-order valence-corrected chi connectivity index (χ4v) is 4.62. The molecule has 1 aliphatic rings. The van der Waals surface area contributed by atoms with Crippen LogP contribution in [0.25, 0.3) is 11.1 Å². The summed E-state index contributed by atoms with van der Waals surface area (Å²) in [6.45, 7) is 7.16. The molecule has 1 aliphatic heterocycles. The van der Waals surface area contributed by atoms with Gasteiger partial charge in [-0.15, -0.1) is 0 Å². The van der Waals surface area contributed by atoms with E-state index in [9.17, 15) is 48.7 Å². The van der Waals surface area contributed by atoms with Gasteiger partial charge in [-0.05, 0) is 73.6 Å². The van der Waals surface area contributed by atoms with Crippen molar-refractivity contribution in [1.82, 2.24) is 20.4 Å². The predicted octanol–water partition coefficient (Wildman–Crippen LogP) is 6.18. The Kier molecular flexibility index (Phi) is 18.9. The molecular weight excluding hydrogens is 778 g/mol. The number of carboxylic acids is 3. The minimum atomic E-state index is -5.08. The van der Waals surface area contributed by atoms with Gasteiger partial charge in [0.15, 0.2) is 0 Å². The van der Waals surface area contributed by atoms with Gasteiger partial charge in [0.2, 0.25) is 0 Å². The van der Waals surface area contributed by atoms with E-state index in [2.05, 4.69) is 39.5 Å². The van der Waals surface area contributed by atoms with E-state index < -0.39 is 36.4 Å². The zero-order valence-corrected chi connectivity index (χ0v) is 29.8. The van der Waals surface area contributed by atoms with Gasteiger partial charge in [-0.1, -0.05) is 36.4 Å². The molecule has 21 heteroatoms. The number of benzene rings is 3. The van der Waals surface area contributed by atoms with Gasteiger partial charge in [0.1, 0.15) is 5.82 Å². The highest BCUT2D eigenvalue weighted by Gasteiger charge is 2.39. The van der Waals surface area contributed by atoms with Crippen molar-refractivity contribution in [3.05, 3.63) is 94.8 Å². The van der Waals surface area contributed by atoms with Gasteiger partial charge < -0.3 is 30.9 Å². The van der Waals surface area contributed by atoms with E-state index in [1.165, 1.54) is 11.6 Å². The average molecular weight is 817 g/mol. The lowest BCUT2D eigenvalue weighted by atomic mass is 10.00. The third-order valence-electron chi connectivity index (χ3n) is 7.00. The molecule has 11 nitrogen and oxygen atoms in total. The zero-order chi connectivity index (χ0) is 43.0. The lowest BCUT2D eigenvalue weighted by Crippen LogP contribution is -2.48. The Morgan fingerprint density at radius 2 is 1.29 bits per heavy atom. The van der Waals surface area contributed by atoms with Crippen molar-refractivity contribution in [2.45, 2.75) is 51.1 Å². The number of hydrogen-bond acceptors (Lipinski definition) is 7. The van der Waals surface area contributed by atoms with Crippen LogP contribution in [-0.4, -0.2) is 107 Å². The maximum atomic E-state index is 14.8. The second-order valence-electron chi connectivity index (χ2n) is 12.1. The zero-order valence-electron chi connectivity index (χ0n) is 29.8. The molecule has 1 heterocycles. The minimum Gasteiger partial charge on any atom is -0.475 e. The first-order valence-electron chi connectivity index (χ1n) is 16.0. The predicted molar refractivity (Wildman–Crippen MR) is 181 cm³/mol. The molecule has 0 unspecified atom stereocenters. The first-order valence-corrected chi connectivity index (χ1v) is 16.0. The summed E-state index contributed by atoms with van der Waals surface area (Å²) in [5.74, 6) is -8.67. The van der Waals surface area contributed by atoms with Gasteiger partial charge in [-0.25, -0.2) is 18.8 Å². The number of alkyl halides is 9. The second-order valence-corrected chi connectivity index (χ2v) is 12.1. The van der Waals surface area contributed by atoms with Crippen LogP contribution in [0.2, 0.25) is 0 Å². The highest BCUT2D eigenvalue weighted by Crippen LogP contribution is 2.26. The molecule has 4 rings (SSSR count). The van der Waals surface area contributed by atoms with Gasteiger partial charge in [-0.3, -0.25) is 9.69 Å². The number of halogens is 10. The Bertz CT molecular complexity index is 1710. The molecule has 0 aliphatic carbocycles. The first kappa shape index (κ1) is 48.7. The molecule has 1 saturated heterocycles. The van der Waals surface area contributed by atoms with Gasteiger partial charge in [-0.2, -0.15) is 39.5 Å². The lowest BCUT2D eigenvalue weighted by Gasteiger charge is -2.31. The molecule has 56 heavy (non-hydrogen) atoms. The molecule has 1 amide bonds. The summed E-state index contributed by atoms with van der Waals surface area (Å²) in [5.41, 5.74) is 5.16. The minimum absolute atomic E-state index is 0.135. The Morgan fingerprint density at radius 3 is 1.79 bits per heavy atom. The van der Waals surface area contributed by atoms with Crippen LogP contribution < -0.4 is 10.6 Å². The van der Waals surface area contributed by atoms with E-state index in [0.717, 1.165) is 49.4 Å². The van der Waals surface area contributed by atoms with E-state index >= 15 is 0 Å². The fraction of sp³-hybridized carbons (Fsp3) is 0.371. The molecular formula is C35H38F10N4O7. The largest absolute Gasteiger partial charge is 0.490 e. The van der Waals surface area contributed by atoms with E-state index in [-0.39, 0.29) is 11.7 Å². The average Bonchev–Trinajstić information content (AvgIpc) is 3.07. The lowest BCUT2D eigenvalue weighted by molar-refractivity contribution is -0.193. The van der Waals surface area contributed by atoms with Crippen LogP contribution in [0.5, 0.6) is 0 Å². The highest BCUT2D eigenvalue weighted by molar-refractivity contribution is 5.94. The Labute approximate surface area is 313 Å². The number of piperazine rings is 1. The Hall–Kier alpha value is -5.28. The van der Waals surface area contributed by atoms with E-state index in [1.54, 1.807) is 6.07 Å². The molecule has 1 atom stereocenters. The summed E-state index contributed by atoms with van der Waals surface area (Å²) < 4.78 is 110. The molecule has 0 radical (unpaired) electrons. The summed E-state index contributed by atoms with van der Waals surface area (Å²) >= 11 is 0. The SMILES string of the molecule is C[C@H]1CN(Cc2cccc(-c3cc(CNC(=O)c4cccc(CN(C)C)c4)ccc3F)c2)CCN1.O=C(O)C(F)(F)F.O=C(O)C(F)(F)F.O=C(O)C(F)(F)F. The number of rotatable bonds is 8. The molecule has 0 saturated carbocycles. The van der Waals surface area contributed by atoms with E-state index in [1.807, 2.05) is 56.6 Å². The number of carboxylic acid groups (broad SMARTS) is 3. The summed E-state index contributed by atoms with van der Waals surface area (Å²) in [5, 5.41) is 27.8. The smallest absolute Gasteiger partial charge is 0.475 e. The van der Waals surface area contributed by atoms with Crippen LogP contribution >= 0.6 is 0 Å². The molecule has 0 spiro atoms. The van der Waals surface area contributed by atoms with Crippen molar-refractivity contribution in [3.8, 4) is 11.1 Å². The summed E-state index contributed by atoms with van der Waals surface area (Å²) in [7, 11) is 4.00. The number of carbonyl (C=O) groups excluding carboxylic acids is 1. The number of nitrogens with zero attached hydrogens (tertiary/aromatic N) is 2. The van der Waals surface area contributed by atoms with Crippen molar-refractivity contribution >= 4 is 23.8 Å². The molecule has 1 fully saturated rings. The molecule has 310 valence electrons. The third kappa shape index (κ3) is 18.8. The molecule has 0 bridgehead atoms. The summed E-state index contributed by atoms with van der Waals surface area (Å²) in [6, 6.07) is 21.3. The maximum Gasteiger partial charge on any atom is 0.490 e. The van der Waals surface area contributed by atoms with Crippen LogP contribution in [0, 0.1) is 5.82 Å². The number of aliphatic carboxylic acids is 3. The Morgan fingerprint density at radius 1 is 0.768 bits per heavy atom. The summed E-state index contributed by atoms with van der Waals surface area (Å²) in [4.78, 5) is 43.9. The van der Waals surface area contributed by atoms with E-state index in [0.29, 0.717) is 23.7 Å². The number of carbonyl (C=O) groups is 4. The van der Waals surface area contributed by atoms with E-state index in [4.69, 9.17) is 29.7 Å². The number of hydrogen-bond donors (Lipinski definition) is 5. The van der Waals surface area contributed by atoms with Gasteiger partial charge >= 0.3 is 36.4 Å². The van der Waals surface area contributed by atoms with Crippen LogP contribution in [-0.2, 0) is 34.0 Å². The molecule has 5 N–H and O–H groups in total. The van der Waals surface area contributed by atoms with Crippen molar-refractivity contribution < 1.29 is 78.4 Å². The van der Waals surface area contributed by atoms with Crippen LogP contribution in [0.3, 0.4) is 0 Å². The van der Waals surface area contributed by atoms with Crippen molar-refractivity contribution in [3.63, 3.8) is 0 Å². The number of amides is 1. The van der Waals surface area contributed by atoms with Gasteiger partial charge in [0.05, 0.1) is 0 Å². The molecule has 3 aromatic rings. The normalized spacial score (nSPS) is 14.5. The Balaban J connectivity index is 0.000000610. The van der Waals surface area contributed by atoms with Crippen LogP contribution in [0.1, 0.15) is 34.0 Å². The molecule has 3 aromatic carbocycles. The monoisotopic (exact) mass is 816 g/mol. The first-order chi connectivity index (χ1) is 25.7. The topological polar surface area (TPSA) is 160 Å². The second kappa shape index (κ2) is 21.7. The maximum absolute atomic E-state index is 14.8. The number of nitrogens with one attached hydrogen (secondary N) is 2. The summed E-state index contributed by atoms with van der Waals surface area (Å²) in [6.07, 6.45) is -15.3. The van der Waals surface area contributed by atoms with Crippen LogP contribution in [0.15, 0.2) is 66.7 Å². The molecule has 0 aromatic heterocycles. The fourth-order valence-electron chi connectivity index (χ4n) is 4.62. The quantitative estimate of drug-likeness (QED) is 0.166. The van der Waals surface area contributed by atoms with Crippen LogP contribution in [0.4, 0.5) is 43.9 Å². The van der Waals surface area contributed by atoms with Crippen molar-refractivity contribution in [2.24, 2.45) is 0 Å². The van der Waals surface area contributed by atoms with Crippen molar-refractivity contribution in [2.75, 3.05) is 33.7 Å². The van der Waals surface area contributed by atoms with Gasteiger partial charge in [0, 0.05) is 56.4 Å². The van der Waals surface area contributed by atoms with Crippen molar-refractivity contribution in [1.29, 1.82) is 0 Å². The highest BCUT2D eigenvalue weighted by atomic mass is 19.4.